The third-order valence-electron chi connectivity index (χ3n) is 3.12. The Morgan fingerprint density at radius 3 is 2.30 bits per heavy atom. The van der Waals surface area contributed by atoms with Gasteiger partial charge in [0.15, 0.2) is 12.6 Å². The number of nitrogens with one attached hydrogen (secondary N) is 2. The molecule has 0 fully saturated rings. The number of alkyl carbamates (subject to hydrolysis) is 1. The van der Waals surface area contributed by atoms with E-state index in [0.717, 1.165) is 0 Å². The van der Waals surface area contributed by atoms with Crippen LogP contribution in [0, 0.1) is 0 Å². The van der Waals surface area contributed by atoms with E-state index in [9.17, 15) is 19.5 Å². The first kappa shape index (κ1) is 22.2. The highest BCUT2D eigenvalue weighted by Crippen LogP contribution is 2.19. The molecular formula is C18H26N2O7. The molecule has 0 aliphatic carbocycles. The summed E-state index contributed by atoms with van der Waals surface area (Å²) >= 11 is 0. The number of hydrogen-bond donors (Lipinski definition) is 3. The fourth-order valence-electron chi connectivity index (χ4n) is 1.96. The smallest absolute Gasteiger partial charge is 0.408 e. The number of amides is 2. The first-order valence-electron chi connectivity index (χ1n) is 8.33. The van der Waals surface area contributed by atoms with Crippen molar-refractivity contribution in [2.24, 2.45) is 0 Å². The third kappa shape index (κ3) is 8.91. The maximum absolute atomic E-state index is 11.8. The minimum atomic E-state index is -1.27. The van der Waals surface area contributed by atoms with Crippen molar-refractivity contribution < 1.29 is 33.7 Å². The Hall–Kier alpha value is -2.81. The molecule has 0 aromatic heterocycles. The molecular weight excluding hydrogens is 356 g/mol. The number of hydrogen-bond acceptors (Lipinski definition) is 6. The molecule has 9 heteroatoms. The van der Waals surface area contributed by atoms with Crippen molar-refractivity contribution in [1.29, 1.82) is 0 Å². The van der Waals surface area contributed by atoms with Crippen LogP contribution in [0.3, 0.4) is 0 Å². The third-order valence-corrected chi connectivity index (χ3v) is 3.12. The first-order valence-corrected chi connectivity index (χ1v) is 8.33. The first-order chi connectivity index (χ1) is 12.6. The van der Waals surface area contributed by atoms with Gasteiger partial charge < -0.3 is 30.0 Å². The molecule has 3 N–H and O–H groups in total. The maximum Gasteiger partial charge on any atom is 0.408 e. The predicted octanol–water partition coefficient (Wildman–Crippen LogP) is 1.48. The van der Waals surface area contributed by atoms with Gasteiger partial charge in [-0.3, -0.25) is 4.79 Å². The van der Waals surface area contributed by atoms with Gasteiger partial charge in [0.05, 0.1) is 6.61 Å². The molecule has 1 aromatic carbocycles. The minimum absolute atomic E-state index is 0.179. The minimum Gasteiger partial charge on any atom is -0.484 e. The molecule has 27 heavy (non-hydrogen) atoms. The average Bonchev–Trinajstić information content (AvgIpc) is 2.57. The van der Waals surface area contributed by atoms with Gasteiger partial charge in [-0.1, -0.05) is 12.1 Å². The molecule has 150 valence electrons. The molecule has 1 atom stereocenters. The second kappa shape index (κ2) is 10.4. The summed E-state index contributed by atoms with van der Waals surface area (Å²) in [7, 11) is 1.53. The van der Waals surface area contributed by atoms with Gasteiger partial charge in [-0.2, -0.15) is 0 Å². The number of aliphatic carboxylic acids is 1. The molecule has 1 unspecified atom stereocenters. The number of carbonyl (C=O) groups excluding carboxylic acids is 2. The number of rotatable bonds is 9. The van der Waals surface area contributed by atoms with Gasteiger partial charge >= 0.3 is 12.1 Å². The van der Waals surface area contributed by atoms with Crippen LogP contribution in [0.4, 0.5) is 4.79 Å². The molecule has 1 rings (SSSR count). The van der Waals surface area contributed by atoms with Gasteiger partial charge in [0, 0.05) is 13.7 Å². The van der Waals surface area contributed by atoms with E-state index in [1.165, 1.54) is 31.4 Å². The van der Waals surface area contributed by atoms with E-state index in [4.69, 9.17) is 14.2 Å². The van der Waals surface area contributed by atoms with Crippen LogP contribution in [0.1, 0.15) is 32.4 Å². The highest BCUT2D eigenvalue weighted by molar-refractivity contribution is 5.81. The molecule has 0 spiro atoms. The van der Waals surface area contributed by atoms with E-state index >= 15 is 0 Å². The number of carboxylic acid groups (broad SMARTS) is 1. The van der Waals surface area contributed by atoms with Gasteiger partial charge in [-0.15, -0.1) is 0 Å². The Morgan fingerprint density at radius 2 is 1.78 bits per heavy atom. The van der Waals surface area contributed by atoms with E-state index < -0.39 is 23.7 Å². The molecule has 0 heterocycles. The fourth-order valence-corrected chi connectivity index (χ4v) is 1.96. The topological polar surface area (TPSA) is 123 Å². The lowest BCUT2D eigenvalue weighted by atomic mass is 10.1. The normalized spacial score (nSPS) is 12.0. The molecule has 0 aliphatic heterocycles. The Bertz CT molecular complexity index is 638. The van der Waals surface area contributed by atoms with Crippen LogP contribution in [0.5, 0.6) is 5.75 Å². The molecule has 1 aromatic rings. The second-order valence-corrected chi connectivity index (χ2v) is 6.62. The monoisotopic (exact) mass is 382 g/mol. The standard InChI is InChI=1S/C18H26N2O7/c1-18(2,3)27-17(24)20-15(16(22)23)12-5-7-13(8-6-12)26-11-14(21)19-9-10-25-4/h5-8,15H,9-11H2,1-4H3,(H,19,21)(H,20,24)(H,22,23). The lowest BCUT2D eigenvalue weighted by Gasteiger charge is -2.22. The molecule has 0 bridgehead atoms. The van der Waals surface area contributed by atoms with Crippen molar-refractivity contribution in [1.82, 2.24) is 10.6 Å². The van der Waals surface area contributed by atoms with E-state index in [2.05, 4.69) is 10.6 Å². The Kier molecular flexibility index (Phi) is 8.53. The van der Waals surface area contributed by atoms with Crippen molar-refractivity contribution in [3.63, 3.8) is 0 Å². The summed E-state index contributed by atoms with van der Waals surface area (Å²) in [6.07, 6.45) is -0.831. The van der Waals surface area contributed by atoms with Crippen molar-refractivity contribution >= 4 is 18.0 Å². The van der Waals surface area contributed by atoms with Crippen LogP contribution >= 0.6 is 0 Å². The van der Waals surface area contributed by atoms with Crippen LogP contribution in [-0.4, -0.2) is 55.5 Å². The lowest BCUT2D eigenvalue weighted by molar-refractivity contribution is -0.139. The Morgan fingerprint density at radius 1 is 1.15 bits per heavy atom. The maximum atomic E-state index is 11.8. The van der Waals surface area contributed by atoms with Crippen LogP contribution in [0.2, 0.25) is 0 Å². The van der Waals surface area contributed by atoms with Gasteiger partial charge in [0.2, 0.25) is 0 Å². The van der Waals surface area contributed by atoms with Crippen molar-refractivity contribution in [3.8, 4) is 5.75 Å². The van der Waals surface area contributed by atoms with Crippen molar-refractivity contribution in [2.45, 2.75) is 32.4 Å². The Labute approximate surface area is 158 Å². The fraction of sp³-hybridized carbons (Fsp3) is 0.500. The highest BCUT2D eigenvalue weighted by atomic mass is 16.6. The summed E-state index contributed by atoms with van der Waals surface area (Å²) in [6.45, 7) is 5.65. The number of benzene rings is 1. The number of carbonyl (C=O) groups is 3. The zero-order chi connectivity index (χ0) is 20.4. The lowest BCUT2D eigenvalue weighted by Crippen LogP contribution is -2.38. The highest BCUT2D eigenvalue weighted by Gasteiger charge is 2.25. The summed E-state index contributed by atoms with van der Waals surface area (Å²) in [4.78, 5) is 34.8. The number of carboxylic acids is 1. The molecule has 0 radical (unpaired) electrons. The van der Waals surface area contributed by atoms with Crippen molar-refractivity contribution in [3.05, 3.63) is 29.8 Å². The van der Waals surface area contributed by atoms with Gasteiger partial charge in [0.1, 0.15) is 11.4 Å². The number of methoxy groups -OCH3 is 1. The molecule has 2 amide bonds. The molecule has 0 aliphatic rings. The Balaban J connectivity index is 2.64. The van der Waals surface area contributed by atoms with Crippen LogP contribution in [0.25, 0.3) is 0 Å². The van der Waals surface area contributed by atoms with Crippen molar-refractivity contribution in [2.75, 3.05) is 26.9 Å². The summed E-state index contributed by atoms with van der Waals surface area (Å²) in [6, 6.07) is 4.75. The SMILES string of the molecule is COCCNC(=O)COc1ccc(C(NC(=O)OC(C)(C)C)C(=O)O)cc1. The summed E-state index contributed by atoms with van der Waals surface area (Å²) < 4.78 is 15.2. The van der Waals surface area contributed by atoms with E-state index in [1.807, 2.05) is 0 Å². The molecule has 0 saturated carbocycles. The van der Waals surface area contributed by atoms with Crippen LogP contribution in [-0.2, 0) is 19.1 Å². The number of ether oxygens (including phenoxy) is 3. The van der Waals surface area contributed by atoms with E-state index in [1.54, 1.807) is 20.8 Å². The zero-order valence-corrected chi connectivity index (χ0v) is 15.9. The van der Waals surface area contributed by atoms with E-state index in [-0.39, 0.29) is 12.5 Å². The quantitative estimate of drug-likeness (QED) is 0.553. The van der Waals surface area contributed by atoms with Crippen LogP contribution in [0.15, 0.2) is 24.3 Å². The van der Waals surface area contributed by atoms with Gasteiger partial charge in [-0.05, 0) is 38.5 Å². The molecule has 9 nitrogen and oxygen atoms in total. The summed E-state index contributed by atoms with van der Waals surface area (Å²) in [5.74, 6) is -1.14. The summed E-state index contributed by atoms with van der Waals surface area (Å²) in [5.41, 5.74) is -0.403. The summed E-state index contributed by atoms with van der Waals surface area (Å²) in [5, 5.41) is 14.3. The zero-order valence-electron chi connectivity index (χ0n) is 15.9. The van der Waals surface area contributed by atoms with E-state index in [0.29, 0.717) is 24.5 Å². The van der Waals surface area contributed by atoms with Gasteiger partial charge in [0.25, 0.3) is 5.91 Å². The van der Waals surface area contributed by atoms with Crippen LogP contribution < -0.4 is 15.4 Å². The average molecular weight is 382 g/mol. The predicted molar refractivity (Wildman–Crippen MR) is 96.6 cm³/mol. The largest absolute Gasteiger partial charge is 0.484 e. The van der Waals surface area contributed by atoms with Gasteiger partial charge in [-0.25, -0.2) is 9.59 Å². The second-order valence-electron chi connectivity index (χ2n) is 6.62. The molecule has 0 saturated heterocycles.